The van der Waals surface area contributed by atoms with Gasteiger partial charge in [-0.15, -0.1) is 0 Å². The molecule has 0 aliphatic carbocycles. The van der Waals surface area contributed by atoms with Gasteiger partial charge in [0.2, 0.25) is 0 Å². The predicted molar refractivity (Wildman–Crippen MR) is 96.8 cm³/mol. The zero-order valence-corrected chi connectivity index (χ0v) is 13.6. The van der Waals surface area contributed by atoms with Crippen molar-refractivity contribution in [3.05, 3.63) is 96.2 Å². The van der Waals surface area contributed by atoms with E-state index in [-0.39, 0.29) is 12.3 Å². The number of ether oxygens (including phenoxy) is 1. The van der Waals surface area contributed by atoms with E-state index >= 15 is 0 Å². The normalized spacial score (nSPS) is 10.2. The standard InChI is InChI=1S/C21H17NO3/c1-15(21(24)25-14-16-8-3-2-4-9-16)22-20(23)19-13-7-11-17-10-5-6-12-18(17)19/h2-13H,1,14H2,(H,22,23). The largest absolute Gasteiger partial charge is 0.456 e. The van der Waals surface area contributed by atoms with Crippen LogP contribution < -0.4 is 5.32 Å². The fourth-order valence-corrected chi connectivity index (χ4v) is 2.49. The highest BCUT2D eigenvalue weighted by molar-refractivity contribution is 6.09. The van der Waals surface area contributed by atoms with E-state index in [9.17, 15) is 9.59 Å². The molecule has 0 aliphatic rings. The smallest absolute Gasteiger partial charge is 0.354 e. The molecule has 4 heteroatoms. The minimum absolute atomic E-state index is 0.0890. The van der Waals surface area contributed by atoms with Crippen molar-refractivity contribution in [2.75, 3.05) is 0 Å². The van der Waals surface area contributed by atoms with Gasteiger partial charge in [-0.1, -0.05) is 73.3 Å². The zero-order valence-electron chi connectivity index (χ0n) is 13.6. The lowest BCUT2D eigenvalue weighted by Gasteiger charge is -2.10. The Morgan fingerprint density at radius 3 is 2.36 bits per heavy atom. The molecule has 0 unspecified atom stereocenters. The van der Waals surface area contributed by atoms with Gasteiger partial charge in [0.1, 0.15) is 12.3 Å². The lowest BCUT2D eigenvalue weighted by atomic mass is 10.0. The number of carbonyl (C=O) groups is 2. The number of esters is 1. The summed E-state index contributed by atoms with van der Waals surface area (Å²) in [7, 11) is 0. The van der Waals surface area contributed by atoms with Crippen molar-refractivity contribution in [2.45, 2.75) is 6.61 Å². The highest BCUT2D eigenvalue weighted by Crippen LogP contribution is 2.18. The molecular formula is C21H17NO3. The molecular weight excluding hydrogens is 314 g/mol. The van der Waals surface area contributed by atoms with Gasteiger partial charge < -0.3 is 10.1 Å². The van der Waals surface area contributed by atoms with Gasteiger partial charge in [-0.3, -0.25) is 4.79 Å². The molecule has 0 aromatic heterocycles. The molecule has 1 amide bonds. The molecule has 0 bridgehead atoms. The van der Waals surface area contributed by atoms with Gasteiger partial charge in [0.05, 0.1) is 0 Å². The first-order chi connectivity index (χ1) is 12.1. The van der Waals surface area contributed by atoms with Crippen molar-refractivity contribution in [3.63, 3.8) is 0 Å². The molecule has 0 heterocycles. The van der Waals surface area contributed by atoms with Crippen LogP contribution in [0.4, 0.5) is 0 Å². The Hall–Kier alpha value is -3.40. The summed E-state index contributed by atoms with van der Waals surface area (Å²) in [5, 5.41) is 4.28. The second-order valence-electron chi connectivity index (χ2n) is 5.52. The van der Waals surface area contributed by atoms with E-state index in [0.29, 0.717) is 5.56 Å². The first-order valence-corrected chi connectivity index (χ1v) is 7.84. The first kappa shape index (κ1) is 16.5. The van der Waals surface area contributed by atoms with Gasteiger partial charge in [-0.05, 0) is 22.4 Å². The van der Waals surface area contributed by atoms with Crippen LogP contribution in [-0.2, 0) is 16.1 Å². The Balaban J connectivity index is 1.65. The van der Waals surface area contributed by atoms with Crippen molar-refractivity contribution in [1.29, 1.82) is 0 Å². The summed E-state index contributed by atoms with van der Waals surface area (Å²) in [5.41, 5.74) is 1.26. The number of carbonyl (C=O) groups excluding carboxylic acids is 2. The van der Waals surface area contributed by atoms with Crippen LogP contribution in [-0.4, -0.2) is 11.9 Å². The number of hydrogen-bond acceptors (Lipinski definition) is 3. The zero-order chi connectivity index (χ0) is 17.6. The van der Waals surface area contributed by atoms with E-state index in [1.165, 1.54) is 0 Å². The number of amides is 1. The Morgan fingerprint density at radius 1 is 0.880 bits per heavy atom. The fourth-order valence-electron chi connectivity index (χ4n) is 2.49. The monoisotopic (exact) mass is 331 g/mol. The molecule has 1 N–H and O–H groups in total. The summed E-state index contributed by atoms with van der Waals surface area (Å²) in [4.78, 5) is 24.5. The van der Waals surface area contributed by atoms with Crippen molar-refractivity contribution in [1.82, 2.24) is 5.32 Å². The lowest BCUT2D eigenvalue weighted by Crippen LogP contribution is -2.28. The molecule has 4 nitrogen and oxygen atoms in total. The molecule has 0 fully saturated rings. The van der Waals surface area contributed by atoms with Crippen LogP contribution in [0.15, 0.2) is 85.1 Å². The Kier molecular flexibility index (Phi) is 4.90. The van der Waals surface area contributed by atoms with E-state index in [4.69, 9.17) is 4.74 Å². The minimum atomic E-state index is -0.655. The maximum absolute atomic E-state index is 12.5. The molecule has 3 aromatic carbocycles. The number of benzene rings is 3. The van der Waals surface area contributed by atoms with E-state index in [0.717, 1.165) is 16.3 Å². The topological polar surface area (TPSA) is 55.4 Å². The van der Waals surface area contributed by atoms with Crippen LogP contribution in [0, 0.1) is 0 Å². The SMILES string of the molecule is C=C(NC(=O)c1cccc2ccccc12)C(=O)OCc1ccccc1. The van der Waals surface area contributed by atoms with Crippen LogP contribution in [0.2, 0.25) is 0 Å². The van der Waals surface area contributed by atoms with Gasteiger partial charge in [0.25, 0.3) is 5.91 Å². The van der Waals surface area contributed by atoms with Crippen LogP contribution in [0.1, 0.15) is 15.9 Å². The van der Waals surface area contributed by atoms with E-state index in [1.54, 1.807) is 12.1 Å². The Morgan fingerprint density at radius 2 is 1.56 bits per heavy atom. The maximum Gasteiger partial charge on any atom is 0.354 e. The number of nitrogens with one attached hydrogen (secondary N) is 1. The molecule has 124 valence electrons. The first-order valence-electron chi connectivity index (χ1n) is 7.84. The summed E-state index contributed by atoms with van der Waals surface area (Å²) in [6.45, 7) is 3.73. The molecule has 3 aromatic rings. The number of fused-ring (bicyclic) bond motifs is 1. The van der Waals surface area contributed by atoms with E-state index < -0.39 is 11.9 Å². The predicted octanol–water partition coefficient (Wildman–Crippen LogP) is 3.83. The second-order valence-corrected chi connectivity index (χ2v) is 5.52. The summed E-state index contributed by atoms with van der Waals surface area (Å²) in [5.74, 6) is -1.05. The van der Waals surface area contributed by atoms with E-state index in [2.05, 4.69) is 11.9 Å². The van der Waals surface area contributed by atoms with Crippen LogP contribution in [0.5, 0.6) is 0 Å². The molecule has 0 saturated heterocycles. The van der Waals surface area contributed by atoms with Gasteiger partial charge in [-0.25, -0.2) is 4.79 Å². The third kappa shape index (κ3) is 3.93. The molecule has 0 atom stereocenters. The summed E-state index contributed by atoms with van der Waals surface area (Å²) < 4.78 is 5.16. The Labute approximate surface area is 145 Å². The van der Waals surface area contributed by atoms with Crippen molar-refractivity contribution >= 4 is 22.6 Å². The highest BCUT2D eigenvalue weighted by atomic mass is 16.5. The van der Waals surface area contributed by atoms with Crippen LogP contribution >= 0.6 is 0 Å². The average Bonchev–Trinajstić information content (AvgIpc) is 2.66. The van der Waals surface area contributed by atoms with Crippen LogP contribution in [0.25, 0.3) is 10.8 Å². The Bertz CT molecular complexity index is 927. The van der Waals surface area contributed by atoms with Gasteiger partial charge >= 0.3 is 5.97 Å². The van der Waals surface area contributed by atoms with Crippen LogP contribution in [0.3, 0.4) is 0 Å². The molecule has 25 heavy (non-hydrogen) atoms. The van der Waals surface area contributed by atoms with Gasteiger partial charge in [-0.2, -0.15) is 0 Å². The van der Waals surface area contributed by atoms with Crippen molar-refractivity contribution in [2.24, 2.45) is 0 Å². The lowest BCUT2D eigenvalue weighted by molar-refractivity contribution is -0.140. The maximum atomic E-state index is 12.5. The van der Waals surface area contributed by atoms with Crippen molar-refractivity contribution in [3.8, 4) is 0 Å². The highest BCUT2D eigenvalue weighted by Gasteiger charge is 2.15. The summed E-state index contributed by atoms with van der Waals surface area (Å²) >= 11 is 0. The molecule has 0 spiro atoms. The molecule has 0 saturated carbocycles. The second kappa shape index (κ2) is 7.45. The molecule has 0 radical (unpaired) electrons. The number of hydrogen-bond donors (Lipinski definition) is 1. The molecule has 0 aliphatic heterocycles. The fraction of sp³-hybridized carbons (Fsp3) is 0.0476. The quantitative estimate of drug-likeness (QED) is 0.571. The summed E-state index contributed by atoms with van der Waals surface area (Å²) in [6.07, 6.45) is 0. The third-order valence-corrected chi connectivity index (χ3v) is 3.76. The average molecular weight is 331 g/mol. The summed E-state index contributed by atoms with van der Waals surface area (Å²) in [6, 6.07) is 22.3. The molecule has 3 rings (SSSR count). The van der Waals surface area contributed by atoms with Gasteiger partial charge in [0, 0.05) is 5.56 Å². The van der Waals surface area contributed by atoms with E-state index in [1.807, 2.05) is 60.7 Å². The minimum Gasteiger partial charge on any atom is -0.456 e. The number of rotatable bonds is 5. The van der Waals surface area contributed by atoms with Crippen molar-refractivity contribution < 1.29 is 14.3 Å². The third-order valence-electron chi connectivity index (χ3n) is 3.76. The van der Waals surface area contributed by atoms with Gasteiger partial charge in [0.15, 0.2) is 0 Å².